The molecule has 2 aromatic carbocycles. The third-order valence-corrected chi connectivity index (χ3v) is 6.59. The van der Waals surface area contributed by atoms with Gasteiger partial charge < -0.3 is 19.4 Å². The highest BCUT2D eigenvalue weighted by Crippen LogP contribution is 2.25. The van der Waals surface area contributed by atoms with Crippen molar-refractivity contribution in [3.63, 3.8) is 0 Å². The number of carbonyl (C=O) groups is 2. The summed E-state index contributed by atoms with van der Waals surface area (Å²) in [7, 11) is 5.72. The van der Waals surface area contributed by atoms with Crippen LogP contribution in [0.4, 0.5) is 0 Å². The van der Waals surface area contributed by atoms with Gasteiger partial charge in [-0.25, -0.2) is 0 Å². The van der Waals surface area contributed by atoms with Gasteiger partial charge in [0.2, 0.25) is 0 Å². The molecule has 2 heterocycles. The molecule has 6 heteroatoms. The number of aryl methyl sites for hydroxylation is 3. The van der Waals surface area contributed by atoms with Gasteiger partial charge in [-0.15, -0.1) is 0 Å². The van der Waals surface area contributed by atoms with Crippen molar-refractivity contribution in [2.75, 3.05) is 13.6 Å². The van der Waals surface area contributed by atoms with E-state index in [1.165, 1.54) is 0 Å². The molecule has 0 aliphatic carbocycles. The Hall–Kier alpha value is -3.80. The van der Waals surface area contributed by atoms with Crippen LogP contribution in [0.3, 0.4) is 0 Å². The number of amides is 2. The monoisotopic (exact) mass is 456 g/mol. The zero-order chi connectivity index (χ0) is 24.2. The van der Waals surface area contributed by atoms with E-state index in [-0.39, 0.29) is 17.9 Å². The zero-order valence-electron chi connectivity index (χ0n) is 20.3. The second-order valence-electron chi connectivity index (χ2n) is 8.93. The van der Waals surface area contributed by atoms with Crippen LogP contribution in [0.25, 0.3) is 10.9 Å². The summed E-state index contributed by atoms with van der Waals surface area (Å²) in [5, 5.41) is 3.98. The molecule has 0 spiro atoms. The second kappa shape index (κ2) is 10.00. The standard InChI is InChI=1S/C28H32N4O2/c1-20-12-13-24(23-15-18-31(3)26(20)23)28(34)32(4)22(19-21-9-6-5-7-10-21)14-16-29-27(33)25-11-8-17-30(25)2/h5-13,15,17-18,22H,14,16,19H2,1-4H3,(H,29,33). The molecule has 0 saturated heterocycles. The lowest BCUT2D eigenvalue weighted by Gasteiger charge is -2.29. The average Bonchev–Trinajstić information content (AvgIpc) is 3.44. The third-order valence-electron chi connectivity index (χ3n) is 6.59. The molecule has 1 N–H and O–H groups in total. The first-order valence-electron chi connectivity index (χ1n) is 11.6. The minimum absolute atomic E-state index is 0.00843. The number of fused-ring (bicyclic) bond motifs is 1. The smallest absolute Gasteiger partial charge is 0.267 e. The molecule has 6 nitrogen and oxygen atoms in total. The largest absolute Gasteiger partial charge is 0.351 e. The van der Waals surface area contributed by atoms with Gasteiger partial charge in [0.25, 0.3) is 11.8 Å². The van der Waals surface area contributed by atoms with Crippen molar-refractivity contribution < 1.29 is 9.59 Å². The molecule has 1 unspecified atom stereocenters. The van der Waals surface area contributed by atoms with Crippen LogP contribution in [-0.2, 0) is 20.5 Å². The highest BCUT2D eigenvalue weighted by molar-refractivity contribution is 6.07. The molecule has 0 radical (unpaired) electrons. The van der Waals surface area contributed by atoms with Gasteiger partial charge in [0.05, 0.1) is 5.52 Å². The molecule has 4 aromatic rings. The number of rotatable bonds is 8. The van der Waals surface area contributed by atoms with E-state index >= 15 is 0 Å². The SMILES string of the molecule is Cc1ccc(C(=O)N(C)C(CCNC(=O)c2cccn2C)Cc2ccccc2)c2ccn(C)c12. The molecule has 4 rings (SSSR count). The van der Waals surface area contributed by atoms with E-state index in [0.717, 1.165) is 22.0 Å². The molecule has 176 valence electrons. The minimum Gasteiger partial charge on any atom is -0.351 e. The van der Waals surface area contributed by atoms with E-state index in [2.05, 4.69) is 28.9 Å². The maximum Gasteiger partial charge on any atom is 0.267 e. The predicted octanol–water partition coefficient (Wildman–Crippen LogP) is 4.33. The number of nitrogens with one attached hydrogen (secondary N) is 1. The van der Waals surface area contributed by atoms with Crippen molar-refractivity contribution in [3.05, 3.63) is 95.4 Å². The molecular weight excluding hydrogens is 424 g/mol. The fourth-order valence-corrected chi connectivity index (χ4v) is 4.62. The van der Waals surface area contributed by atoms with Crippen molar-refractivity contribution in [1.82, 2.24) is 19.4 Å². The van der Waals surface area contributed by atoms with E-state index in [9.17, 15) is 9.59 Å². The first-order chi connectivity index (χ1) is 16.4. The molecule has 0 bridgehead atoms. The van der Waals surface area contributed by atoms with Crippen LogP contribution in [0.1, 0.15) is 38.4 Å². The van der Waals surface area contributed by atoms with E-state index in [1.54, 1.807) is 10.6 Å². The van der Waals surface area contributed by atoms with Gasteiger partial charge in [-0.1, -0.05) is 36.4 Å². The van der Waals surface area contributed by atoms with Gasteiger partial charge in [0.15, 0.2) is 0 Å². The summed E-state index contributed by atoms with van der Waals surface area (Å²) in [6.45, 7) is 2.54. The van der Waals surface area contributed by atoms with Crippen molar-refractivity contribution in [2.45, 2.75) is 25.8 Å². The molecular formula is C28H32N4O2. The Morgan fingerprint density at radius 2 is 1.71 bits per heavy atom. The number of benzene rings is 2. The van der Waals surface area contributed by atoms with Crippen LogP contribution < -0.4 is 5.32 Å². The minimum atomic E-state index is -0.107. The molecule has 0 saturated carbocycles. The summed E-state index contributed by atoms with van der Waals surface area (Å²) < 4.78 is 3.86. The lowest BCUT2D eigenvalue weighted by molar-refractivity contribution is 0.0725. The fraction of sp³-hybridized carbons (Fsp3) is 0.286. The van der Waals surface area contributed by atoms with Gasteiger partial charge in [0.1, 0.15) is 5.69 Å². The van der Waals surface area contributed by atoms with Crippen LogP contribution in [0.2, 0.25) is 0 Å². The first kappa shape index (κ1) is 23.4. The van der Waals surface area contributed by atoms with Crippen molar-refractivity contribution >= 4 is 22.7 Å². The summed E-state index contributed by atoms with van der Waals surface area (Å²) in [5.74, 6) is -0.115. The van der Waals surface area contributed by atoms with Crippen molar-refractivity contribution in [2.24, 2.45) is 14.1 Å². The number of likely N-dealkylation sites (N-methyl/N-ethyl adjacent to an activating group) is 1. The maximum absolute atomic E-state index is 13.7. The molecule has 0 aliphatic heterocycles. The Kier molecular flexibility index (Phi) is 6.87. The van der Waals surface area contributed by atoms with Gasteiger partial charge in [-0.2, -0.15) is 0 Å². The Labute approximate surface area is 200 Å². The number of hydrogen-bond donors (Lipinski definition) is 1. The van der Waals surface area contributed by atoms with Gasteiger partial charge in [-0.05, 0) is 55.2 Å². The Morgan fingerprint density at radius 3 is 2.41 bits per heavy atom. The van der Waals surface area contributed by atoms with Crippen LogP contribution in [0, 0.1) is 6.92 Å². The summed E-state index contributed by atoms with van der Waals surface area (Å²) in [5.41, 5.74) is 4.71. The number of aromatic nitrogens is 2. The Bertz CT molecular complexity index is 1300. The fourth-order valence-electron chi connectivity index (χ4n) is 4.62. The normalized spacial score (nSPS) is 12.0. The lowest BCUT2D eigenvalue weighted by atomic mass is 10.00. The first-order valence-corrected chi connectivity index (χ1v) is 11.6. The second-order valence-corrected chi connectivity index (χ2v) is 8.93. The van der Waals surface area contributed by atoms with Gasteiger partial charge >= 0.3 is 0 Å². The quantitative estimate of drug-likeness (QED) is 0.429. The van der Waals surface area contributed by atoms with Crippen molar-refractivity contribution in [3.8, 4) is 0 Å². The summed E-state index contributed by atoms with van der Waals surface area (Å²) >= 11 is 0. The maximum atomic E-state index is 13.7. The summed E-state index contributed by atoms with van der Waals surface area (Å²) in [6, 6.07) is 19.7. The highest BCUT2D eigenvalue weighted by Gasteiger charge is 2.24. The number of nitrogens with zero attached hydrogens (tertiary/aromatic N) is 3. The molecule has 2 amide bonds. The average molecular weight is 457 g/mol. The summed E-state index contributed by atoms with van der Waals surface area (Å²) in [6.07, 6.45) is 5.21. The van der Waals surface area contributed by atoms with Crippen LogP contribution in [0.15, 0.2) is 73.1 Å². The van der Waals surface area contributed by atoms with Gasteiger partial charge in [0, 0.05) is 57.1 Å². The van der Waals surface area contributed by atoms with Crippen LogP contribution >= 0.6 is 0 Å². The molecule has 34 heavy (non-hydrogen) atoms. The predicted molar refractivity (Wildman–Crippen MR) is 136 cm³/mol. The molecule has 0 fully saturated rings. The highest BCUT2D eigenvalue weighted by atomic mass is 16.2. The molecule has 1 atom stereocenters. The topological polar surface area (TPSA) is 59.3 Å². The van der Waals surface area contributed by atoms with E-state index in [0.29, 0.717) is 30.6 Å². The van der Waals surface area contributed by atoms with E-state index in [1.807, 2.05) is 80.9 Å². The van der Waals surface area contributed by atoms with E-state index < -0.39 is 0 Å². The zero-order valence-corrected chi connectivity index (χ0v) is 20.3. The van der Waals surface area contributed by atoms with Crippen LogP contribution in [0.5, 0.6) is 0 Å². The lowest BCUT2D eigenvalue weighted by Crippen LogP contribution is -2.41. The third kappa shape index (κ3) is 4.76. The summed E-state index contributed by atoms with van der Waals surface area (Å²) in [4.78, 5) is 28.1. The van der Waals surface area contributed by atoms with Crippen molar-refractivity contribution in [1.29, 1.82) is 0 Å². The Balaban J connectivity index is 1.54. The number of carbonyl (C=O) groups excluding carboxylic acids is 2. The number of hydrogen-bond acceptors (Lipinski definition) is 2. The Morgan fingerprint density at radius 1 is 0.941 bits per heavy atom. The molecule has 0 aliphatic rings. The van der Waals surface area contributed by atoms with Crippen LogP contribution in [-0.4, -0.2) is 45.5 Å². The van der Waals surface area contributed by atoms with Gasteiger partial charge in [-0.3, -0.25) is 9.59 Å². The van der Waals surface area contributed by atoms with E-state index in [4.69, 9.17) is 0 Å². The molecule has 2 aromatic heterocycles.